The van der Waals surface area contributed by atoms with E-state index in [9.17, 15) is 39.6 Å². The third-order valence-electron chi connectivity index (χ3n) is 4.44. The summed E-state index contributed by atoms with van der Waals surface area (Å²) < 4.78 is 101. The van der Waals surface area contributed by atoms with Crippen molar-refractivity contribution in [3.8, 4) is 0 Å². The van der Waals surface area contributed by atoms with Crippen LogP contribution in [0.3, 0.4) is 0 Å². The Kier molecular flexibility index (Phi) is 6.34. The van der Waals surface area contributed by atoms with Gasteiger partial charge in [-0.1, -0.05) is 0 Å². The van der Waals surface area contributed by atoms with E-state index < -0.39 is 45.0 Å². The number of amides is 1. The fourth-order valence-electron chi connectivity index (χ4n) is 2.87. The first-order valence-corrected chi connectivity index (χ1v) is 10.1. The minimum Gasteiger partial charge on any atom is -0.352 e. The zero-order valence-electron chi connectivity index (χ0n) is 14.7. The van der Waals surface area contributed by atoms with E-state index in [2.05, 4.69) is 5.32 Å². The largest absolute Gasteiger partial charge is 0.416 e. The molecule has 28 heavy (non-hydrogen) atoms. The van der Waals surface area contributed by atoms with Gasteiger partial charge in [0.1, 0.15) is 0 Å². The minimum atomic E-state index is -5.03. The monoisotopic (exact) mass is 432 g/mol. The number of sulfonamides is 1. The molecule has 2 rings (SSSR count). The normalized spacial score (nSPS) is 17.5. The lowest BCUT2D eigenvalue weighted by atomic mass is 9.98. The van der Waals surface area contributed by atoms with Crippen LogP contribution in [0.15, 0.2) is 18.2 Å². The number of carbonyl (C=O) groups excluding carboxylic acids is 1. The number of nitrogens with one attached hydrogen (secondary N) is 1. The van der Waals surface area contributed by atoms with Crippen molar-refractivity contribution in [2.45, 2.75) is 25.2 Å². The van der Waals surface area contributed by atoms with Crippen LogP contribution >= 0.6 is 0 Å². The lowest BCUT2D eigenvalue weighted by Crippen LogP contribution is -2.41. The highest BCUT2D eigenvalue weighted by molar-refractivity contribution is 7.88. The molecule has 0 saturated carbocycles. The summed E-state index contributed by atoms with van der Waals surface area (Å²) in [7, 11) is -3.33. The molecule has 0 atom stereocenters. The third kappa shape index (κ3) is 5.84. The smallest absolute Gasteiger partial charge is 0.352 e. The van der Waals surface area contributed by atoms with Gasteiger partial charge in [0, 0.05) is 25.2 Å². The van der Waals surface area contributed by atoms with Gasteiger partial charge in [0.25, 0.3) is 5.91 Å². The van der Waals surface area contributed by atoms with Crippen molar-refractivity contribution in [2.24, 2.45) is 5.92 Å². The van der Waals surface area contributed by atoms with Crippen molar-refractivity contribution in [1.82, 2.24) is 9.62 Å². The van der Waals surface area contributed by atoms with Gasteiger partial charge in [-0.3, -0.25) is 4.79 Å². The molecular formula is C16H18F6N2O3S. The summed E-state index contributed by atoms with van der Waals surface area (Å²) >= 11 is 0. The van der Waals surface area contributed by atoms with E-state index in [4.69, 9.17) is 0 Å². The molecule has 1 N–H and O–H groups in total. The Hall–Kier alpha value is -1.82. The second-order valence-corrected chi connectivity index (χ2v) is 8.59. The second kappa shape index (κ2) is 7.90. The molecule has 1 heterocycles. The van der Waals surface area contributed by atoms with Crippen LogP contribution in [0, 0.1) is 5.92 Å². The van der Waals surface area contributed by atoms with Gasteiger partial charge in [0.15, 0.2) is 0 Å². The van der Waals surface area contributed by atoms with Gasteiger partial charge in [-0.05, 0) is 37.0 Å². The van der Waals surface area contributed by atoms with Crippen molar-refractivity contribution < 1.29 is 39.6 Å². The molecule has 1 saturated heterocycles. The SMILES string of the molecule is CS(=O)(=O)N1CCC(CNC(=O)c2cc(C(F)(F)F)cc(C(F)(F)F)c2)CC1. The zero-order valence-corrected chi connectivity index (χ0v) is 15.5. The Morgan fingerprint density at radius 2 is 1.50 bits per heavy atom. The molecule has 1 aliphatic rings. The van der Waals surface area contributed by atoms with Gasteiger partial charge in [0.2, 0.25) is 10.0 Å². The van der Waals surface area contributed by atoms with E-state index in [1.165, 1.54) is 4.31 Å². The molecule has 0 aliphatic carbocycles. The first-order chi connectivity index (χ1) is 12.7. The van der Waals surface area contributed by atoms with E-state index in [-0.39, 0.29) is 31.6 Å². The second-order valence-electron chi connectivity index (χ2n) is 6.61. The Bertz CT molecular complexity index is 796. The van der Waals surface area contributed by atoms with Gasteiger partial charge >= 0.3 is 12.4 Å². The van der Waals surface area contributed by atoms with E-state index in [0.29, 0.717) is 25.0 Å². The zero-order chi connectivity index (χ0) is 21.3. The molecule has 0 unspecified atom stereocenters. The van der Waals surface area contributed by atoms with Crippen LogP contribution in [0.25, 0.3) is 0 Å². The topological polar surface area (TPSA) is 66.5 Å². The van der Waals surface area contributed by atoms with Gasteiger partial charge in [-0.2, -0.15) is 26.3 Å². The highest BCUT2D eigenvalue weighted by Gasteiger charge is 2.37. The Labute approximate surface area is 157 Å². The number of halogens is 6. The summed E-state index contributed by atoms with van der Waals surface area (Å²) in [5.41, 5.74) is -3.86. The predicted molar refractivity (Wildman–Crippen MR) is 87.9 cm³/mol. The summed E-state index contributed by atoms with van der Waals surface area (Å²) in [4.78, 5) is 12.1. The van der Waals surface area contributed by atoms with Crippen LogP contribution in [0.4, 0.5) is 26.3 Å². The molecule has 1 aromatic carbocycles. The van der Waals surface area contributed by atoms with Crippen LogP contribution in [0.2, 0.25) is 0 Å². The maximum Gasteiger partial charge on any atom is 0.416 e. The molecule has 1 fully saturated rings. The number of piperidine rings is 1. The highest BCUT2D eigenvalue weighted by atomic mass is 32.2. The number of rotatable bonds is 4. The van der Waals surface area contributed by atoms with Crippen LogP contribution in [0.1, 0.15) is 34.3 Å². The lowest BCUT2D eigenvalue weighted by Gasteiger charge is -2.30. The lowest BCUT2D eigenvalue weighted by molar-refractivity contribution is -0.143. The van der Waals surface area contributed by atoms with Gasteiger partial charge in [-0.25, -0.2) is 12.7 Å². The standard InChI is InChI=1S/C16H18F6N2O3S/c1-28(26,27)24-4-2-10(3-5-24)9-23-14(25)11-6-12(15(17,18)19)8-13(7-11)16(20,21)22/h6-8,10H,2-5,9H2,1H3,(H,23,25). The van der Waals surface area contributed by atoms with Gasteiger partial charge < -0.3 is 5.32 Å². The Morgan fingerprint density at radius 1 is 1.04 bits per heavy atom. The molecule has 1 aliphatic heterocycles. The highest BCUT2D eigenvalue weighted by Crippen LogP contribution is 2.36. The Morgan fingerprint density at radius 3 is 1.89 bits per heavy atom. The molecule has 158 valence electrons. The molecule has 1 aromatic rings. The first kappa shape index (κ1) is 22.5. The van der Waals surface area contributed by atoms with Crippen molar-refractivity contribution in [1.29, 1.82) is 0 Å². The van der Waals surface area contributed by atoms with Crippen molar-refractivity contribution in [2.75, 3.05) is 25.9 Å². The molecule has 0 bridgehead atoms. The maximum atomic E-state index is 12.9. The molecule has 0 radical (unpaired) electrons. The van der Waals surface area contributed by atoms with Crippen LogP contribution in [-0.2, 0) is 22.4 Å². The number of hydrogen-bond acceptors (Lipinski definition) is 3. The molecule has 5 nitrogen and oxygen atoms in total. The molecule has 12 heteroatoms. The quantitative estimate of drug-likeness (QED) is 0.744. The number of carbonyl (C=O) groups is 1. The van der Waals surface area contributed by atoms with E-state index in [0.717, 1.165) is 6.26 Å². The van der Waals surface area contributed by atoms with E-state index in [1.807, 2.05) is 0 Å². The summed E-state index contributed by atoms with van der Waals surface area (Å²) in [6.45, 7) is 0.496. The third-order valence-corrected chi connectivity index (χ3v) is 5.75. The fraction of sp³-hybridized carbons (Fsp3) is 0.562. The van der Waals surface area contributed by atoms with Crippen LogP contribution < -0.4 is 5.32 Å². The number of hydrogen-bond donors (Lipinski definition) is 1. The molecule has 0 aromatic heterocycles. The summed E-state index contributed by atoms with van der Waals surface area (Å²) in [6, 6.07) is 0.700. The van der Waals surface area contributed by atoms with E-state index in [1.54, 1.807) is 0 Å². The van der Waals surface area contributed by atoms with Gasteiger partial charge in [-0.15, -0.1) is 0 Å². The van der Waals surface area contributed by atoms with Crippen LogP contribution in [-0.4, -0.2) is 44.5 Å². The first-order valence-electron chi connectivity index (χ1n) is 8.20. The molecule has 0 spiro atoms. The van der Waals surface area contributed by atoms with Gasteiger partial charge in [0.05, 0.1) is 17.4 Å². The minimum absolute atomic E-state index is 0.0219. The average Bonchev–Trinajstić information content (AvgIpc) is 2.57. The van der Waals surface area contributed by atoms with Crippen molar-refractivity contribution >= 4 is 15.9 Å². The molecular weight excluding hydrogens is 414 g/mol. The number of alkyl halides is 6. The van der Waals surface area contributed by atoms with E-state index >= 15 is 0 Å². The Balaban J connectivity index is 2.08. The summed E-state index contributed by atoms with van der Waals surface area (Å²) in [5, 5.41) is 2.34. The maximum absolute atomic E-state index is 12.9. The van der Waals surface area contributed by atoms with Crippen LogP contribution in [0.5, 0.6) is 0 Å². The predicted octanol–water partition coefficient (Wildman–Crippen LogP) is 3.13. The number of nitrogens with zero attached hydrogens (tertiary/aromatic N) is 1. The summed E-state index contributed by atoms with van der Waals surface area (Å²) in [5.74, 6) is -1.18. The number of benzene rings is 1. The summed E-state index contributed by atoms with van der Waals surface area (Å²) in [6.07, 6.45) is -8.15. The van der Waals surface area contributed by atoms with Crippen molar-refractivity contribution in [3.05, 3.63) is 34.9 Å². The molecule has 1 amide bonds. The average molecular weight is 432 g/mol. The fourth-order valence-corrected chi connectivity index (χ4v) is 3.74. The van der Waals surface area contributed by atoms with Crippen molar-refractivity contribution in [3.63, 3.8) is 0 Å².